The van der Waals surface area contributed by atoms with Crippen LogP contribution in [0, 0.1) is 22.1 Å². The molecular weight excluding hydrogens is 124 g/mol. The van der Waals surface area contributed by atoms with E-state index in [-0.39, 0.29) is 6.15 Å². The van der Waals surface area contributed by atoms with Gasteiger partial charge in [-0.1, -0.05) is 12.1 Å². The molecular formula is C6H5F2N. The SMILES string of the molecule is Fc1c(F)c2ccc1=2.N. The first-order valence-electron chi connectivity index (χ1n) is 2.29. The van der Waals surface area contributed by atoms with E-state index in [2.05, 4.69) is 0 Å². The molecule has 48 valence electrons. The van der Waals surface area contributed by atoms with Gasteiger partial charge in [0.2, 0.25) is 0 Å². The van der Waals surface area contributed by atoms with Gasteiger partial charge in [0.25, 0.3) is 0 Å². The highest BCUT2D eigenvalue weighted by Gasteiger charge is 2.14. The monoisotopic (exact) mass is 129 g/mol. The number of halogens is 2. The third kappa shape index (κ3) is 0.445. The van der Waals surface area contributed by atoms with Crippen molar-refractivity contribution >= 4 is 0 Å². The summed E-state index contributed by atoms with van der Waals surface area (Å²) < 4.78 is 24.0. The van der Waals surface area contributed by atoms with Gasteiger partial charge in [0.1, 0.15) is 0 Å². The second-order valence-corrected chi connectivity index (χ2v) is 1.79. The minimum Gasteiger partial charge on any atom is -0.344 e. The number of hydrogen-bond acceptors (Lipinski definition) is 1. The summed E-state index contributed by atoms with van der Waals surface area (Å²) in [6.07, 6.45) is 0. The van der Waals surface area contributed by atoms with Gasteiger partial charge in [0.15, 0.2) is 11.6 Å². The van der Waals surface area contributed by atoms with E-state index >= 15 is 0 Å². The van der Waals surface area contributed by atoms with Crippen LogP contribution in [-0.2, 0) is 0 Å². The van der Waals surface area contributed by atoms with Gasteiger partial charge in [-0.15, -0.1) is 0 Å². The first-order valence-corrected chi connectivity index (χ1v) is 2.29. The van der Waals surface area contributed by atoms with Crippen LogP contribution in [0.15, 0.2) is 12.1 Å². The predicted molar refractivity (Wildman–Crippen MR) is 29.1 cm³/mol. The zero-order valence-electron chi connectivity index (χ0n) is 4.62. The molecule has 2 aliphatic rings. The van der Waals surface area contributed by atoms with Crippen molar-refractivity contribution in [2.24, 2.45) is 0 Å². The lowest BCUT2D eigenvalue weighted by Gasteiger charge is -2.04. The van der Waals surface area contributed by atoms with Gasteiger partial charge >= 0.3 is 0 Å². The molecule has 1 nitrogen and oxygen atoms in total. The Morgan fingerprint density at radius 3 is 1.33 bits per heavy atom. The highest BCUT2D eigenvalue weighted by atomic mass is 19.2. The lowest BCUT2D eigenvalue weighted by Crippen LogP contribution is -1.99. The molecule has 0 spiro atoms. The van der Waals surface area contributed by atoms with Gasteiger partial charge in [-0.3, -0.25) is 0 Å². The molecule has 0 amide bonds. The van der Waals surface area contributed by atoms with Crippen molar-refractivity contribution in [2.75, 3.05) is 0 Å². The van der Waals surface area contributed by atoms with Crippen LogP contribution in [0.25, 0.3) is 0 Å². The van der Waals surface area contributed by atoms with Gasteiger partial charge < -0.3 is 6.15 Å². The highest BCUT2D eigenvalue weighted by Crippen LogP contribution is 2.18. The Morgan fingerprint density at radius 1 is 0.889 bits per heavy atom. The summed E-state index contributed by atoms with van der Waals surface area (Å²) in [5.74, 6) is -1.36. The van der Waals surface area contributed by atoms with Gasteiger partial charge in [-0.05, 0) is 0 Å². The summed E-state index contributed by atoms with van der Waals surface area (Å²) in [5, 5.41) is 0.894. The normalized spacial score (nSPS) is 10.4. The lowest BCUT2D eigenvalue weighted by atomic mass is 10.1. The van der Waals surface area contributed by atoms with Crippen LogP contribution in [0.1, 0.15) is 0 Å². The average molecular weight is 129 g/mol. The molecule has 2 aliphatic carbocycles. The van der Waals surface area contributed by atoms with Crippen LogP contribution in [0.3, 0.4) is 0 Å². The fourth-order valence-electron chi connectivity index (χ4n) is 0.807. The Bertz CT molecular complexity index is 299. The molecule has 3 N–H and O–H groups in total. The van der Waals surface area contributed by atoms with Crippen molar-refractivity contribution < 1.29 is 8.78 Å². The van der Waals surface area contributed by atoms with E-state index in [1.54, 1.807) is 12.1 Å². The molecule has 9 heavy (non-hydrogen) atoms. The van der Waals surface area contributed by atoms with E-state index in [0.29, 0.717) is 10.4 Å². The third-order valence-electron chi connectivity index (χ3n) is 1.37. The van der Waals surface area contributed by atoms with Crippen LogP contribution >= 0.6 is 0 Å². The minimum atomic E-state index is -0.678. The van der Waals surface area contributed by atoms with Crippen LogP contribution < -0.4 is 6.15 Å². The van der Waals surface area contributed by atoms with Gasteiger partial charge in [-0.25, -0.2) is 8.78 Å². The van der Waals surface area contributed by atoms with Gasteiger partial charge in [0, 0.05) is 10.4 Å². The van der Waals surface area contributed by atoms with Crippen molar-refractivity contribution in [3.63, 3.8) is 0 Å². The molecule has 0 aromatic rings. The molecule has 0 aromatic heterocycles. The Balaban J connectivity index is 0.000000405. The maximum absolute atomic E-state index is 12.0. The zero-order chi connectivity index (χ0) is 5.72. The second-order valence-electron chi connectivity index (χ2n) is 1.79. The van der Waals surface area contributed by atoms with Crippen molar-refractivity contribution in [3.8, 4) is 0 Å². The Labute approximate surface area is 50.2 Å². The number of benzene rings is 1. The fraction of sp³-hybridized carbons (Fsp3) is 0. The van der Waals surface area contributed by atoms with Crippen LogP contribution in [0.5, 0.6) is 0 Å². The first-order chi connectivity index (χ1) is 3.80. The molecule has 0 atom stereocenters. The topological polar surface area (TPSA) is 35.0 Å². The van der Waals surface area contributed by atoms with Crippen LogP contribution in [-0.4, -0.2) is 0 Å². The molecule has 0 fully saturated rings. The highest BCUT2D eigenvalue weighted by molar-refractivity contribution is 5.27. The summed E-state index contributed by atoms with van der Waals surface area (Å²) in [6.45, 7) is 0. The summed E-state index contributed by atoms with van der Waals surface area (Å²) >= 11 is 0. The first kappa shape index (κ1) is 6.16. The van der Waals surface area contributed by atoms with Crippen molar-refractivity contribution in [3.05, 3.63) is 34.2 Å². The van der Waals surface area contributed by atoms with Gasteiger partial charge in [0.05, 0.1) is 0 Å². The maximum atomic E-state index is 12.0. The molecule has 0 saturated carbocycles. The molecule has 0 unspecified atom stereocenters. The Kier molecular flexibility index (Phi) is 1.03. The van der Waals surface area contributed by atoms with E-state index in [0.717, 1.165) is 0 Å². The second kappa shape index (κ2) is 1.51. The van der Waals surface area contributed by atoms with Crippen molar-refractivity contribution in [1.29, 1.82) is 0 Å². The molecule has 0 bridgehead atoms. The third-order valence-corrected chi connectivity index (χ3v) is 1.37. The zero-order valence-corrected chi connectivity index (χ0v) is 4.62. The minimum absolute atomic E-state index is 0. The molecule has 0 aromatic carbocycles. The molecule has 0 radical (unpaired) electrons. The summed E-state index contributed by atoms with van der Waals surface area (Å²) in [4.78, 5) is 0. The number of hydrogen-bond donors (Lipinski definition) is 1. The van der Waals surface area contributed by atoms with E-state index in [9.17, 15) is 8.78 Å². The summed E-state index contributed by atoms with van der Waals surface area (Å²) in [7, 11) is 0. The molecule has 0 aliphatic heterocycles. The Morgan fingerprint density at radius 2 is 1.22 bits per heavy atom. The quantitative estimate of drug-likeness (QED) is 0.577. The standard InChI is InChI=1S/C6H2F2.H3N/c7-5-3-1-2-4(3)6(5)8;/h1-2H;1H3. The molecule has 0 saturated heterocycles. The molecule has 0 heterocycles. The predicted octanol–water partition coefficient (Wildman–Crippen LogP) is 1.73. The maximum Gasteiger partial charge on any atom is 0.167 e. The average Bonchev–Trinajstić information content (AvgIpc) is 1.64. The molecule has 2 rings (SSSR count). The van der Waals surface area contributed by atoms with Crippen molar-refractivity contribution in [1.82, 2.24) is 6.15 Å². The smallest absolute Gasteiger partial charge is 0.167 e. The Hall–Kier alpha value is -0.960. The molecule has 3 heteroatoms. The van der Waals surface area contributed by atoms with E-state index < -0.39 is 11.6 Å². The van der Waals surface area contributed by atoms with E-state index in [1.165, 1.54) is 0 Å². The summed E-state index contributed by atoms with van der Waals surface area (Å²) in [6, 6.07) is 3.13. The number of rotatable bonds is 0. The summed E-state index contributed by atoms with van der Waals surface area (Å²) in [5.41, 5.74) is 0. The van der Waals surface area contributed by atoms with E-state index in [1.807, 2.05) is 0 Å². The van der Waals surface area contributed by atoms with Crippen LogP contribution in [0.2, 0.25) is 0 Å². The van der Waals surface area contributed by atoms with Crippen LogP contribution in [0.4, 0.5) is 8.78 Å². The van der Waals surface area contributed by atoms with E-state index in [4.69, 9.17) is 0 Å². The fourth-order valence-corrected chi connectivity index (χ4v) is 0.807. The van der Waals surface area contributed by atoms with Crippen molar-refractivity contribution in [2.45, 2.75) is 0 Å². The van der Waals surface area contributed by atoms with Gasteiger partial charge in [-0.2, -0.15) is 0 Å². The largest absolute Gasteiger partial charge is 0.344 e. The lowest BCUT2D eigenvalue weighted by molar-refractivity contribution is 0.476.